The lowest BCUT2D eigenvalue weighted by Gasteiger charge is -2.52. The van der Waals surface area contributed by atoms with E-state index in [1.165, 1.54) is 0 Å². The number of carbonyl (C=O) groups is 1. The first kappa shape index (κ1) is 14.1. The zero-order valence-corrected chi connectivity index (χ0v) is 12.5. The lowest BCUT2D eigenvalue weighted by molar-refractivity contribution is -0.114. The van der Waals surface area contributed by atoms with Crippen molar-refractivity contribution >= 4 is 6.09 Å². The third-order valence-corrected chi connectivity index (χ3v) is 3.67. The largest absolute Gasteiger partial charge is 0.483 e. The SMILES string of the molecule is CC(C)(C)OC(=O)N1CC2(CC(O)c3cnccc3O2)C1. The van der Waals surface area contributed by atoms with E-state index in [1.807, 2.05) is 20.8 Å². The van der Waals surface area contributed by atoms with Crippen molar-refractivity contribution < 1.29 is 19.4 Å². The van der Waals surface area contributed by atoms with Gasteiger partial charge in [-0.15, -0.1) is 0 Å². The Labute approximate surface area is 123 Å². The van der Waals surface area contributed by atoms with Gasteiger partial charge in [0.15, 0.2) is 0 Å². The molecule has 1 amide bonds. The number of pyridine rings is 1. The van der Waals surface area contributed by atoms with Crippen molar-refractivity contribution in [2.75, 3.05) is 13.1 Å². The third kappa shape index (κ3) is 2.68. The summed E-state index contributed by atoms with van der Waals surface area (Å²) < 4.78 is 11.3. The number of aromatic nitrogens is 1. The highest BCUT2D eigenvalue weighted by Crippen LogP contribution is 2.43. The zero-order valence-electron chi connectivity index (χ0n) is 12.5. The van der Waals surface area contributed by atoms with Gasteiger partial charge in [-0.25, -0.2) is 4.79 Å². The fourth-order valence-electron chi connectivity index (χ4n) is 2.77. The Morgan fingerprint density at radius 1 is 1.52 bits per heavy atom. The lowest BCUT2D eigenvalue weighted by atomic mass is 9.83. The molecule has 21 heavy (non-hydrogen) atoms. The van der Waals surface area contributed by atoms with E-state index in [4.69, 9.17) is 9.47 Å². The number of rotatable bonds is 0. The molecule has 0 aliphatic carbocycles. The first-order valence-electron chi connectivity index (χ1n) is 7.07. The summed E-state index contributed by atoms with van der Waals surface area (Å²) in [5.41, 5.74) is -0.311. The van der Waals surface area contributed by atoms with Gasteiger partial charge in [0.05, 0.1) is 19.2 Å². The summed E-state index contributed by atoms with van der Waals surface area (Å²) in [6.45, 7) is 6.38. The monoisotopic (exact) mass is 292 g/mol. The van der Waals surface area contributed by atoms with Crippen molar-refractivity contribution in [3.05, 3.63) is 24.0 Å². The summed E-state index contributed by atoms with van der Waals surface area (Å²) in [5, 5.41) is 10.2. The number of likely N-dealkylation sites (tertiary alicyclic amines) is 1. The van der Waals surface area contributed by atoms with Crippen molar-refractivity contribution in [3.63, 3.8) is 0 Å². The van der Waals surface area contributed by atoms with E-state index in [9.17, 15) is 9.90 Å². The van der Waals surface area contributed by atoms with Crippen LogP contribution in [0, 0.1) is 0 Å². The highest BCUT2D eigenvalue weighted by molar-refractivity contribution is 5.69. The number of aliphatic hydroxyl groups excluding tert-OH is 1. The molecule has 6 nitrogen and oxygen atoms in total. The Morgan fingerprint density at radius 3 is 2.90 bits per heavy atom. The van der Waals surface area contributed by atoms with Crippen LogP contribution in [0.25, 0.3) is 0 Å². The molecule has 3 heterocycles. The first-order valence-corrected chi connectivity index (χ1v) is 7.07. The second kappa shape index (κ2) is 4.59. The molecule has 1 spiro atoms. The molecule has 0 bridgehead atoms. The van der Waals surface area contributed by atoms with Gasteiger partial charge >= 0.3 is 6.09 Å². The van der Waals surface area contributed by atoms with E-state index in [-0.39, 0.29) is 6.09 Å². The summed E-state index contributed by atoms with van der Waals surface area (Å²) in [4.78, 5) is 17.6. The molecule has 114 valence electrons. The van der Waals surface area contributed by atoms with E-state index in [0.29, 0.717) is 30.8 Å². The van der Waals surface area contributed by atoms with E-state index in [1.54, 1.807) is 23.4 Å². The number of ether oxygens (including phenoxy) is 2. The predicted molar refractivity (Wildman–Crippen MR) is 75.0 cm³/mol. The van der Waals surface area contributed by atoms with Crippen LogP contribution in [0.4, 0.5) is 4.79 Å². The van der Waals surface area contributed by atoms with Gasteiger partial charge in [0, 0.05) is 24.4 Å². The average molecular weight is 292 g/mol. The second-order valence-electron chi connectivity index (χ2n) is 6.75. The summed E-state index contributed by atoms with van der Waals surface area (Å²) >= 11 is 0. The minimum absolute atomic E-state index is 0.341. The quantitative estimate of drug-likeness (QED) is 0.790. The Bertz CT molecular complexity index is 561. The summed E-state index contributed by atoms with van der Waals surface area (Å²) in [6, 6.07) is 1.75. The van der Waals surface area contributed by atoms with Gasteiger partial charge in [0.2, 0.25) is 0 Å². The number of hydrogen-bond donors (Lipinski definition) is 1. The van der Waals surface area contributed by atoms with Gasteiger partial charge in [-0.2, -0.15) is 0 Å². The van der Waals surface area contributed by atoms with Gasteiger partial charge in [0.25, 0.3) is 0 Å². The van der Waals surface area contributed by atoms with Gasteiger partial charge in [-0.3, -0.25) is 4.98 Å². The molecule has 1 fully saturated rings. The first-order chi connectivity index (χ1) is 9.78. The molecule has 3 rings (SSSR count). The average Bonchev–Trinajstić information content (AvgIpc) is 2.33. The van der Waals surface area contributed by atoms with Gasteiger partial charge in [-0.05, 0) is 26.8 Å². The molecule has 2 aliphatic rings. The lowest BCUT2D eigenvalue weighted by Crippen LogP contribution is -2.68. The van der Waals surface area contributed by atoms with Crippen LogP contribution in [-0.2, 0) is 4.74 Å². The summed E-state index contributed by atoms with van der Waals surface area (Å²) in [7, 11) is 0. The molecule has 1 atom stereocenters. The topological polar surface area (TPSA) is 71.9 Å². The van der Waals surface area contributed by atoms with E-state index >= 15 is 0 Å². The van der Waals surface area contributed by atoms with Crippen molar-refractivity contribution in [3.8, 4) is 5.75 Å². The second-order valence-corrected chi connectivity index (χ2v) is 6.75. The highest BCUT2D eigenvalue weighted by atomic mass is 16.6. The Hall–Kier alpha value is -1.82. The van der Waals surface area contributed by atoms with E-state index in [2.05, 4.69) is 4.98 Å². The number of aliphatic hydroxyl groups is 1. The molecule has 1 saturated heterocycles. The number of fused-ring (bicyclic) bond motifs is 1. The fraction of sp³-hybridized carbons (Fsp3) is 0.600. The molecule has 0 radical (unpaired) electrons. The van der Waals surface area contributed by atoms with Crippen molar-refractivity contribution in [2.24, 2.45) is 0 Å². The molecule has 1 N–H and O–H groups in total. The van der Waals surface area contributed by atoms with Crippen LogP contribution in [0.5, 0.6) is 5.75 Å². The highest BCUT2D eigenvalue weighted by Gasteiger charge is 2.52. The maximum atomic E-state index is 12.0. The molecule has 0 aromatic carbocycles. The summed E-state index contributed by atoms with van der Waals surface area (Å²) in [6.07, 6.45) is 2.77. The van der Waals surface area contributed by atoms with E-state index < -0.39 is 17.3 Å². The molecular formula is C15H20N2O4. The van der Waals surface area contributed by atoms with Crippen LogP contribution in [0.15, 0.2) is 18.5 Å². The van der Waals surface area contributed by atoms with Crippen LogP contribution in [0.1, 0.15) is 38.9 Å². The van der Waals surface area contributed by atoms with Crippen molar-refractivity contribution in [1.82, 2.24) is 9.88 Å². The van der Waals surface area contributed by atoms with Crippen LogP contribution in [0.3, 0.4) is 0 Å². The van der Waals surface area contributed by atoms with Crippen LogP contribution >= 0.6 is 0 Å². The predicted octanol–water partition coefficient (Wildman–Crippen LogP) is 1.89. The van der Waals surface area contributed by atoms with Gasteiger partial charge in [0.1, 0.15) is 17.0 Å². The smallest absolute Gasteiger partial charge is 0.410 e. The number of amides is 1. The molecule has 1 aromatic rings. The molecular weight excluding hydrogens is 272 g/mol. The molecule has 1 unspecified atom stereocenters. The minimum Gasteiger partial charge on any atom is -0.483 e. The molecule has 6 heteroatoms. The van der Waals surface area contributed by atoms with Crippen molar-refractivity contribution in [1.29, 1.82) is 0 Å². The maximum Gasteiger partial charge on any atom is 0.410 e. The van der Waals surface area contributed by atoms with Crippen molar-refractivity contribution in [2.45, 2.75) is 44.5 Å². The number of carbonyl (C=O) groups excluding carboxylic acids is 1. The number of nitrogens with zero attached hydrogens (tertiary/aromatic N) is 2. The summed E-state index contributed by atoms with van der Waals surface area (Å²) in [5.74, 6) is 0.646. The van der Waals surface area contributed by atoms with Crippen LogP contribution in [-0.4, -0.2) is 45.4 Å². The standard InChI is InChI=1S/C15H20N2O4/c1-14(2,3)21-13(19)17-8-15(9-17)6-11(18)10-7-16-5-4-12(10)20-15/h4-5,7,11,18H,6,8-9H2,1-3H3. The van der Waals surface area contributed by atoms with E-state index in [0.717, 1.165) is 0 Å². The Kier molecular flexibility index (Phi) is 3.09. The zero-order chi connectivity index (χ0) is 15.3. The van der Waals surface area contributed by atoms with Crippen LogP contribution in [0.2, 0.25) is 0 Å². The third-order valence-electron chi connectivity index (χ3n) is 3.67. The molecule has 0 saturated carbocycles. The molecule has 2 aliphatic heterocycles. The Balaban J connectivity index is 1.67. The van der Waals surface area contributed by atoms with Crippen LogP contribution < -0.4 is 4.74 Å². The number of hydrogen-bond acceptors (Lipinski definition) is 5. The molecule has 1 aromatic heterocycles. The fourth-order valence-corrected chi connectivity index (χ4v) is 2.77. The van der Waals surface area contributed by atoms with Gasteiger partial charge in [-0.1, -0.05) is 0 Å². The van der Waals surface area contributed by atoms with Gasteiger partial charge < -0.3 is 19.5 Å². The Morgan fingerprint density at radius 2 is 2.24 bits per heavy atom. The minimum atomic E-state index is -0.608. The normalized spacial score (nSPS) is 23.0. The maximum absolute atomic E-state index is 12.0.